The smallest absolute Gasteiger partial charge is 0.254 e. The highest BCUT2D eigenvalue weighted by atomic mass is 32.2. The number of rotatable bonds is 6. The minimum atomic E-state index is -4.25. The van der Waals surface area contributed by atoms with Gasteiger partial charge in [-0.2, -0.15) is 0 Å². The van der Waals surface area contributed by atoms with Gasteiger partial charge in [-0.3, -0.25) is 4.79 Å². The summed E-state index contributed by atoms with van der Waals surface area (Å²) in [4.78, 5) is 11.0. The van der Waals surface area contributed by atoms with Crippen molar-refractivity contribution in [3.8, 4) is 0 Å². The van der Waals surface area contributed by atoms with Crippen molar-refractivity contribution in [3.05, 3.63) is 65.2 Å². The fourth-order valence-corrected chi connectivity index (χ4v) is 2.99. The highest BCUT2D eigenvalue weighted by Gasteiger charge is 2.19. The summed E-state index contributed by atoms with van der Waals surface area (Å²) < 4.78 is 78.2. The average Bonchev–Trinajstić information content (AvgIpc) is 2.51. The van der Waals surface area contributed by atoms with Gasteiger partial charge in [0.25, 0.3) is 5.91 Å². The molecule has 0 unspecified atom stereocenters. The molecular formula is C15H12F4N2O3S. The summed E-state index contributed by atoms with van der Waals surface area (Å²) in [5.74, 6) is -4.96. The first-order valence-electron chi connectivity index (χ1n) is 6.88. The van der Waals surface area contributed by atoms with Gasteiger partial charge >= 0.3 is 0 Å². The third kappa shape index (κ3) is 4.77. The Hall–Kier alpha value is -2.46. The monoisotopic (exact) mass is 376 g/mol. The zero-order valence-electron chi connectivity index (χ0n) is 12.5. The van der Waals surface area contributed by atoms with Crippen molar-refractivity contribution in [1.29, 1.82) is 0 Å². The summed E-state index contributed by atoms with van der Waals surface area (Å²) in [6.07, 6.45) is 0. The van der Waals surface area contributed by atoms with E-state index in [1.165, 1.54) is 0 Å². The van der Waals surface area contributed by atoms with Gasteiger partial charge in [-0.25, -0.2) is 30.7 Å². The van der Waals surface area contributed by atoms with Gasteiger partial charge in [-0.1, -0.05) is 0 Å². The predicted octanol–water partition coefficient (Wildman–Crippen LogP) is 1.95. The van der Waals surface area contributed by atoms with Crippen LogP contribution in [0.1, 0.15) is 10.4 Å². The van der Waals surface area contributed by atoms with Gasteiger partial charge in [-0.15, -0.1) is 0 Å². The van der Waals surface area contributed by atoms with Crippen molar-refractivity contribution in [3.63, 3.8) is 0 Å². The number of carbonyl (C=O) groups excluding carboxylic acids is 1. The summed E-state index contributed by atoms with van der Waals surface area (Å²) in [5, 5.41) is 2.22. The van der Waals surface area contributed by atoms with Crippen LogP contribution in [0.25, 0.3) is 0 Å². The highest BCUT2D eigenvalue weighted by molar-refractivity contribution is 7.89. The number of hydrogen-bond donors (Lipinski definition) is 2. The highest BCUT2D eigenvalue weighted by Crippen LogP contribution is 2.15. The lowest BCUT2D eigenvalue weighted by atomic mass is 10.2. The zero-order chi connectivity index (χ0) is 18.6. The third-order valence-corrected chi connectivity index (χ3v) is 4.56. The van der Waals surface area contributed by atoms with Crippen molar-refractivity contribution in [1.82, 2.24) is 10.0 Å². The predicted molar refractivity (Wildman–Crippen MR) is 80.2 cm³/mol. The molecule has 5 nitrogen and oxygen atoms in total. The van der Waals surface area contributed by atoms with E-state index in [-0.39, 0.29) is 13.1 Å². The van der Waals surface area contributed by atoms with Crippen LogP contribution in [0.4, 0.5) is 17.6 Å². The number of sulfonamides is 1. The number of benzene rings is 2. The molecule has 25 heavy (non-hydrogen) atoms. The van der Waals surface area contributed by atoms with E-state index in [0.29, 0.717) is 12.1 Å². The molecule has 0 heterocycles. The largest absolute Gasteiger partial charge is 0.351 e. The number of nitrogens with one attached hydrogen (secondary N) is 2. The maximum Gasteiger partial charge on any atom is 0.254 e. The van der Waals surface area contributed by atoms with Gasteiger partial charge < -0.3 is 5.32 Å². The Balaban J connectivity index is 1.93. The lowest BCUT2D eigenvalue weighted by Crippen LogP contribution is -2.35. The van der Waals surface area contributed by atoms with Crippen LogP contribution in [0.15, 0.2) is 41.3 Å². The van der Waals surface area contributed by atoms with Gasteiger partial charge in [-0.05, 0) is 24.3 Å². The molecule has 1 amide bonds. The molecule has 0 saturated heterocycles. The molecule has 0 saturated carbocycles. The molecule has 134 valence electrons. The minimum absolute atomic E-state index is 0.238. The summed E-state index contributed by atoms with van der Waals surface area (Å²) in [6, 6.07) is 4.36. The molecule has 0 fully saturated rings. The molecule has 0 radical (unpaired) electrons. The van der Waals surface area contributed by atoms with Crippen molar-refractivity contribution < 1.29 is 30.8 Å². The zero-order valence-corrected chi connectivity index (χ0v) is 13.3. The van der Waals surface area contributed by atoms with Crippen LogP contribution in [-0.4, -0.2) is 27.4 Å². The minimum Gasteiger partial charge on any atom is -0.351 e. The van der Waals surface area contributed by atoms with Gasteiger partial charge in [0.05, 0.1) is 5.56 Å². The fraction of sp³-hybridized carbons (Fsp3) is 0.133. The first-order valence-corrected chi connectivity index (χ1v) is 8.37. The second kappa shape index (κ2) is 7.62. The number of amides is 1. The first-order chi connectivity index (χ1) is 11.7. The topological polar surface area (TPSA) is 75.3 Å². The van der Waals surface area contributed by atoms with Crippen LogP contribution in [0.2, 0.25) is 0 Å². The molecule has 0 aliphatic carbocycles. The van der Waals surface area contributed by atoms with Crippen molar-refractivity contribution in [2.75, 3.05) is 13.1 Å². The SMILES string of the molecule is O=C(NCCNS(=O)(=O)c1ccc(F)cc1F)c1ccc(F)cc1F. The van der Waals surface area contributed by atoms with E-state index in [2.05, 4.69) is 5.32 Å². The molecular weight excluding hydrogens is 364 g/mol. The molecule has 10 heteroatoms. The lowest BCUT2D eigenvalue weighted by Gasteiger charge is -2.09. The Kier molecular flexibility index (Phi) is 5.75. The van der Waals surface area contributed by atoms with Crippen LogP contribution < -0.4 is 10.0 Å². The lowest BCUT2D eigenvalue weighted by molar-refractivity contribution is 0.0950. The van der Waals surface area contributed by atoms with Crippen molar-refractivity contribution >= 4 is 15.9 Å². The van der Waals surface area contributed by atoms with Gasteiger partial charge in [0, 0.05) is 25.2 Å². The normalized spacial score (nSPS) is 11.4. The molecule has 0 bridgehead atoms. The quantitative estimate of drug-likeness (QED) is 0.598. The van der Waals surface area contributed by atoms with E-state index in [9.17, 15) is 30.8 Å². The Morgan fingerprint density at radius 1 is 0.880 bits per heavy atom. The summed E-state index contributed by atoms with van der Waals surface area (Å²) in [6.45, 7) is -0.564. The standard InChI is InChI=1S/C15H12F4N2O3S/c16-9-1-3-11(12(18)7-9)15(22)20-5-6-21-25(23,24)14-4-2-10(17)8-13(14)19/h1-4,7-8,21H,5-6H2,(H,20,22). The molecule has 0 aromatic heterocycles. The molecule has 0 aliphatic rings. The molecule has 0 atom stereocenters. The molecule has 2 N–H and O–H groups in total. The van der Waals surface area contributed by atoms with E-state index in [1.807, 2.05) is 4.72 Å². The van der Waals surface area contributed by atoms with Gasteiger partial charge in [0.1, 0.15) is 28.2 Å². The first kappa shape index (κ1) is 18.9. The number of hydrogen-bond acceptors (Lipinski definition) is 3. The van der Waals surface area contributed by atoms with Crippen LogP contribution in [0, 0.1) is 23.3 Å². The van der Waals surface area contributed by atoms with E-state index in [4.69, 9.17) is 0 Å². The summed E-state index contributed by atoms with van der Waals surface area (Å²) in [7, 11) is -4.25. The van der Waals surface area contributed by atoms with Crippen LogP contribution in [-0.2, 0) is 10.0 Å². The fourth-order valence-electron chi connectivity index (χ4n) is 1.90. The number of carbonyl (C=O) groups is 1. The van der Waals surface area contributed by atoms with Crippen LogP contribution in [0.5, 0.6) is 0 Å². The van der Waals surface area contributed by atoms with E-state index in [0.717, 1.165) is 24.3 Å². The molecule has 2 aromatic rings. The van der Waals surface area contributed by atoms with Crippen LogP contribution >= 0.6 is 0 Å². The second-order valence-corrected chi connectivity index (χ2v) is 6.59. The average molecular weight is 376 g/mol. The maximum atomic E-state index is 13.5. The van der Waals surface area contributed by atoms with E-state index < -0.39 is 49.7 Å². The maximum absolute atomic E-state index is 13.5. The third-order valence-electron chi connectivity index (χ3n) is 3.06. The Morgan fingerprint density at radius 3 is 2.08 bits per heavy atom. The summed E-state index contributed by atoms with van der Waals surface area (Å²) >= 11 is 0. The summed E-state index contributed by atoms with van der Waals surface area (Å²) in [5.41, 5.74) is -0.408. The van der Waals surface area contributed by atoms with Crippen LogP contribution in [0.3, 0.4) is 0 Å². The molecule has 2 aromatic carbocycles. The van der Waals surface area contributed by atoms with E-state index >= 15 is 0 Å². The second-order valence-electron chi connectivity index (χ2n) is 4.85. The Bertz CT molecular complexity index is 904. The van der Waals surface area contributed by atoms with Crippen molar-refractivity contribution in [2.24, 2.45) is 0 Å². The van der Waals surface area contributed by atoms with Gasteiger partial charge in [0.2, 0.25) is 10.0 Å². The Morgan fingerprint density at radius 2 is 1.48 bits per heavy atom. The molecule has 2 rings (SSSR count). The number of halogens is 4. The van der Waals surface area contributed by atoms with Gasteiger partial charge in [0.15, 0.2) is 0 Å². The molecule has 0 aliphatic heterocycles. The Labute approximate surface area is 140 Å². The van der Waals surface area contributed by atoms with E-state index in [1.54, 1.807) is 0 Å². The molecule has 0 spiro atoms. The van der Waals surface area contributed by atoms with Crippen molar-refractivity contribution in [2.45, 2.75) is 4.90 Å².